The maximum absolute atomic E-state index is 11.6. The Morgan fingerprint density at radius 3 is 3.00 bits per heavy atom. The molecular formula is C13H16N4O. The number of carbonyl (C=O) groups is 1. The lowest BCUT2D eigenvalue weighted by Crippen LogP contribution is -2.23. The van der Waals surface area contributed by atoms with E-state index >= 15 is 0 Å². The highest BCUT2D eigenvalue weighted by atomic mass is 16.1. The summed E-state index contributed by atoms with van der Waals surface area (Å²) in [5.41, 5.74) is 8.37. The molecule has 5 heteroatoms. The van der Waals surface area contributed by atoms with Gasteiger partial charge in [-0.1, -0.05) is 12.1 Å². The van der Waals surface area contributed by atoms with Crippen molar-refractivity contribution >= 4 is 11.6 Å². The van der Waals surface area contributed by atoms with E-state index in [0.717, 1.165) is 16.9 Å². The number of aryl methyl sites for hydroxylation is 1. The lowest BCUT2D eigenvalue weighted by molar-refractivity contribution is -0.121. The smallest absolute Gasteiger partial charge is 0.220 e. The van der Waals surface area contributed by atoms with E-state index in [1.807, 2.05) is 30.3 Å². The van der Waals surface area contributed by atoms with Crippen molar-refractivity contribution in [1.82, 2.24) is 15.5 Å². The molecule has 2 aromatic rings. The van der Waals surface area contributed by atoms with Gasteiger partial charge in [-0.3, -0.25) is 9.89 Å². The fraction of sp³-hybridized carbons (Fsp3) is 0.231. The number of anilines is 1. The number of aromatic nitrogens is 2. The van der Waals surface area contributed by atoms with Gasteiger partial charge in [-0.25, -0.2) is 0 Å². The van der Waals surface area contributed by atoms with Crippen LogP contribution in [0.15, 0.2) is 36.5 Å². The van der Waals surface area contributed by atoms with Gasteiger partial charge in [0.2, 0.25) is 5.91 Å². The van der Waals surface area contributed by atoms with Crippen LogP contribution in [-0.2, 0) is 17.8 Å². The Morgan fingerprint density at radius 1 is 1.39 bits per heavy atom. The molecule has 1 aromatic carbocycles. The van der Waals surface area contributed by atoms with E-state index in [1.54, 1.807) is 6.20 Å². The second kappa shape index (κ2) is 5.86. The molecule has 1 heterocycles. The number of rotatable bonds is 5. The third-order valence-corrected chi connectivity index (χ3v) is 2.63. The molecule has 0 unspecified atom stereocenters. The minimum Gasteiger partial charge on any atom is -0.399 e. The van der Waals surface area contributed by atoms with Crippen LogP contribution in [-0.4, -0.2) is 16.1 Å². The monoisotopic (exact) mass is 244 g/mol. The zero-order valence-electron chi connectivity index (χ0n) is 10.0. The number of nitrogen functional groups attached to an aromatic ring is 1. The number of nitrogens with two attached hydrogens (primary N) is 1. The fourth-order valence-electron chi connectivity index (χ4n) is 1.67. The molecule has 0 aliphatic rings. The second-order valence-electron chi connectivity index (χ2n) is 4.10. The van der Waals surface area contributed by atoms with E-state index in [9.17, 15) is 4.79 Å². The van der Waals surface area contributed by atoms with Crippen molar-refractivity contribution in [2.75, 3.05) is 5.73 Å². The van der Waals surface area contributed by atoms with Gasteiger partial charge in [-0.2, -0.15) is 5.10 Å². The number of hydrogen-bond donors (Lipinski definition) is 3. The molecule has 0 spiro atoms. The average molecular weight is 244 g/mol. The first-order chi connectivity index (χ1) is 8.74. The molecule has 0 aliphatic carbocycles. The summed E-state index contributed by atoms with van der Waals surface area (Å²) in [6, 6.07) is 9.42. The summed E-state index contributed by atoms with van der Waals surface area (Å²) in [7, 11) is 0. The van der Waals surface area contributed by atoms with Crippen molar-refractivity contribution in [3.63, 3.8) is 0 Å². The minimum absolute atomic E-state index is 0.0204. The van der Waals surface area contributed by atoms with Crippen LogP contribution in [0.3, 0.4) is 0 Å². The van der Waals surface area contributed by atoms with Crippen LogP contribution in [0.1, 0.15) is 17.7 Å². The Kier molecular flexibility index (Phi) is 3.96. The summed E-state index contributed by atoms with van der Waals surface area (Å²) in [5, 5.41) is 9.43. The SMILES string of the molecule is Nc1cccc(CCC(=O)NCc2ccn[nH]2)c1. The Labute approximate surface area is 105 Å². The van der Waals surface area contributed by atoms with Crippen molar-refractivity contribution in [1.29, 1.82) is 0 Å². The molecule has 0 saturated carbocycles. The van der Waals surface area contributed by atoms with Crippen LogP contribution in [0.4, 0.5) is 5.69 Å². The Balaban J connectivity index is 1.75. The number of carbonyl (C=O) groups excluding carboxylic acids is 1. The van der Waals surface area contributed by atoms with Crippen LogP contribution in [0.25, 0.3) is 0 Å². The van der Waals surface area contributed by atoms with Crippen molar-refractivity contribution in [3.05, 3.63) is 47.8 Å². The summed E-state index contributed by atoms with van der Waals surface area (Å²) >= 11 is 0. The fourth-order valence-corrected chi connectivity index (χ4v) is 1.67. The van der Waals surface area contributed by atoms with Gasteiger partial charge < -0.3 is 11.1 Å². The molecule has 4 N–H and O–H groups in total. The van der Waals surface area contributed by atoms with E-state index in [0.29, 0.717) is 19.4 Å². The molecule has 0 saturated heterocycles. The lowest BCUT2D eigenvalue weighted by Gasteiger charge is -2.04. The van der Waals surface area contributed by atoms with Gasteiger partial charge in [0.05, 0.1) is 12.2 Å². The van der Waals surface area contributed by atoms with Gasteiger partial charge in [0.1, 0.15) is 0 Å². The molecule has 2 rings (SSSR count). The number of hydrogen-bond acceptors (Lipinski definition) is 3. The maximum Gasteiger partial charge on any atom is 0.220 e. The van der Waals surface area contributed by atoms with Gasteiger partial charge in [0, 0.05) is 18.3 Å². The highest BCUT2D eigenvalue weighted by Crippen LogP contribution is 2.08. The van der Waals surface area contributed by atoms with Crippen LogP contribution in [0, 0.1) is 0 Å². The van der Waals surface area contributed by atoms with Gasteiger partial charge in [0.15, 0.2) is 0 Å². The molecule has 0 fully saturated rings. The maximum atomic E-state index is 11.6. The summed E-state index contributed by atoms with van der Waals surface area (Å²) in [5.74, 6) is 0.0204. The molecule has 18 heavy (non-hydrogen) atoms. The van der Waals surface area contributed by atoms with E-state index < -0.39 is 0 Å². The van der Waals surface area contributed by atoms with Gasteiger partial charge in [-0.15, -0.1) is 0 Å². The molecule has 0 aliphatic heterocycles. The number of amides is 1. The van der Waals surface area contributed by atoms with Crippen LogP contribution in [0.5, 0.6) is 0 Å². The first-order valence-corrected chi connectivity index (χ1v) is 5.83. The standard InChI is InChI=1S/C13H16N4O/c14-11-3-1-2-10(8-11)4-5-13(18)15-9-12-6-7-16-17-12/h1-3,6-8H,4-5,9,14H2,(H,15,18)(H,16,17). The number of benzene rings is 1. The quantitative estimate of drug-likeness (QED) is 0.692. The van der Waals surface area contributed by atoms with Crippen molar-refractivity contribution in [2.24, 2.45) is 0 Å². The molecular weight excluding hydrogens is 228 g/mol. The highest BCUT2D eigenvalue weighted by molar-refractivity contribution is 5.76. The molecule has 5 nitrogen and oxygen atoms in total. The van der Waals surface area contributed by atoms with Gasteiger partial charge >= 0.3 is 0 Å². The Bertz CT molecular complexity index is 507. The number of nitrogens with zero attached hydrogens (tertiary/aromatic N) is 1. The second-order valence-corrected chi connectivity index (χ2v) is 4.10. The van der Waals surface area contributed by atoms with Crippen molar-refractivity contribution in [2.45, 2.75) is 19.4 Å². The summed E-state index contributed by atoms with van der Waals surface area (Å²) in [4.78, 5) is 11.6. The summed E-state index contributed by atoms with van der Waals surface area (Å²) in [6.07, 6.45) is 2.81. The summed E-state index contributed by atoms with van der Waals surface area (Å²) in [6.45, 7) is 0.482. The molecule has 94 valence electrons. The highest BCUT2D eigenvalue weighted by Gasteiger charge is 2.03. The lowest BCUT2D eigenvalue weighted by atomic mass is 10.1. The predicted molar refractivity (Wildman–Crippen MR) is 69.6 cm³/mol. The molecule has 0 bridgehead atoms. The zero-order chi connectivity index (χ0) is 12.8. The van der Waals surface area contributed by atoms with E-state index in [-0.39, 0.29) is 5.91 Å². The third kappa shape index (κ3) is 3.62. The number of aromatic amines is 1. The molecule has 1 amide bonds. The van der Waals surface area contributed by atoms with Crippen LogP contribution < -0.4 is 11.1 Å². The number of nitrogens with one attached hydrogen (secondary N) is 2. The molecule has 0 atom stereocenters. The average Bonchev–Trinajstić information content (AvgIpc) is 2.87. The van der Waals surface area contributed by atoms with Crippen molar-refractivity contribution < 1.29 is 4.79 Å². The van der Waals surface area contributed by atoms with E-state index in [2.05, 4.69) is 15.5 Å². The van der Waals surface area contributed by atoms with Gasteiger partial charge in [-0.05, 0) is 30.2 Å². The minimum atomic E-state index is 0.0204. The Hall–Kier alpha value is -2.30. The van der Waals surface area contributed by atoms with Crippen LogP contribution >= 0.6 is 0 Å². The predicted octanol–water partition coefficient (Wildman–Crippen LogP) is 1.24. The normalized spacial score (nSPS) is 10.2. The topological polar surface area (TPSA) is 83.8 Å². The molecule has 0 radical (unpaired) electrons. The van der Waals surface area contributed by atoms with E-state index in [4.69, 9.17) is 5.73 Å². The van der Waals surface area contributed by atoms with E-state index in [1.165, 1.54) is 0 Å². The zero-order valence-corrected chi connectivity index (χ0v) is 10.0. The molecule has 1 aromatic heterocycles. The Morgan fingerprint density at radius 2 is 2.28 bits per heavy atom. The first-order valence-electron chi connectivity index (χ1n) is 5.83. The third-order valence-electron chi connectivity index (χ3n) is 2.63. The van der Waals surface area contributed by atoms with Crippen molar-refractivity contribution in [3.8, 4) is 0 Å². The van der Waals surface area contributed by atoms with Gasteiger partial charge in [0.25, 0.3) is 0 Å². The van der Waals surface area contributed by atoms with Crippen LogP contribution in [0.2, 0.25) is 0 Å². The largest absolute Gasteiger partial charge is 0.399 e. The number of H-pyrrole nitrogens is 1. The summed E-state index contributed by atoms with van der Waals surface area (Å²) < 4.78 is 0. The first kappa shape index (κ1) is 12.2.